The maximum atomic E-state index is 5.39. The fourth-order valence-electron chi connectivity index (χ4n) is 2.73. The molecule has 116 valence electrons. The summed E-state index contributed by atoms with van der Waals surface area (Å²) in [5.74, 6) is 0.755. The molecular formula is C19H20N3O+. The van der Waals surface area contributed by atoms with E-state index in [1.165, 1.54) is 5.39 Å². The lowest BCUT2D eigenvalue weighted by Gasteiger charge is -2.07. The van der Waals surface area contributed by atoms with Gasteiger partial charge in [-0.15, -0.1) is 0 Å². The molecule has 0 fully saturated rings. The van der Waals surface area contributed by atoms with Gasteiger partial charge in [0.25, 0.3) is 5.69 Å². The molecule has 0 bridgehead atoms. The van der Waals surface area contributed by atoms with Crippen LogP contribution in [0.1, 0.15) is 0 Å². The van der Waals surface area contributed by atoms with Crippen LogP contribution < -0.4 is 10.1 Å². The van der Waals surface area contributed by atoms with E-state index in [0.717, 1.165) is 28.2 Å². The largest absolute Gasteiger partial charge is 0.494 e. The Bertz CT molecular complexity index is 871. The van der Waals surface area contributed by atoms with Crippen LogP contribution in [0.4, 0.5) is 17.1 Å². The topological polar surface area (TPSA) is 36.6 Å². The third-order valence-electron chi connectivity index (χ3n) is 3.84. The molecule has 3 rings (SSSR count). The SMILES string of the molecule is CNc1ccc2ccccc2c1[N+](C)=Nc1ccccc1OC. The molecule has 0 heterocycles. The third kappa shape index (κ3) is 2.88. The molecule has 23 heavy (non-hydrogen) atoms. The number of fused-ring (bicyclic) bond motifs is 1. The first-order valence-corrected chi connectivity index (χ1v) is 7.52. The number of rotatable bonds is 4. The Kier molecular flexibility index (Phi) is 4.24. The first-order valence-electron chi connectivity index (χ1n) is 7.52. The van der Waals surface area contributed by atoms with Gasteiger partial charge in [0.05, 0.1) is 12.5 Å². The van der Waals surface area contributed by atoms with Crippen molar-refractivity contribution in [2.24, 2.45) is 5.11 Å². The Labute approximate surface area is 136 Å². The van der Waals surface area contributed by atoms with Gasteiger partial charge >= 0.3 is 0 Å². The summed E-state index contributed by atoms with van der Waals surface area (Å²) < 4.78 is 7.28. The second kappa shape index (κ2) is 6.48. The molecule has 4 heteroatoms. The smallest absolute Gasteiger partial charge is 0.262 e. The predicted octanol–water partition coefficient (Wildman–Crippen LogP) is 4.95. The molecule has 0 unspecified atom stereocenters. The van der Waals surface area contributed by atoms with Gasteiger partial charge in [-0.2, -0.15) is 0 Å². The summed E-state index contributed by atoms with van der Waals surface area (Å²) in [5.41, 5.74) is 2.87. The minimum Gasteiger partial charge on any atom is -0.494 e. The van der Waals surface area contributed by atoms with Gasteiger partial charge in [0, 0.05) is 12.2 Å². The number of methoxy groups -OCH3 is 1. The van der Waals surface area contributed by atoms with E-state index >= 15 is 0 Å². The number of nitrogens with zero attached hydrogens (tertiary/aromatic N) is 2. The van der Waals surface area contributed by atoms with Crippen LogP contribution in [0.2, 0.25) is 0 Å². The van der Waals surface area contributed by atoms with Gasteiger partial charge in [-0.3, -0.25) is 0 Å². The standard InChI is InChI=1S/C19H20N3O/c1-20-17-13-12-14-8-4-5-9-15(14)19(17)22(2)21-16-10-6-7-11-18(16)23-3/h4-13,20H,1-3H3/q+1. The zero-order chi connectivity index (χ0) is 16.2. The summed E-state index contributed by atoms with van der Waals surface area (Å²) in [5, 5.41) is 10.3. The van der Waals surface area contributed by atoms with Crippen molar-refractivity contribution in [3.8, 4) is 5.75 Å². The molecule has 0 saturated carbocycles. The molecule has 1 N–H and O–H groups in total. The van der Waals surface area contributed by atoms with Gasteiger partial charge in [-0.05, 0) is 29.7 Å². The van der Waals surface area contributed by atoms with Crippen LogP contribution in [0.5, 0.6) is 5.75 Å². The summed E-state index contributed by atoms with van der Waals surface area (Å²) in [6, 6.07) is 20.2. The number of para-hydroxylation sites is 1. The lowest BCUT2D eigenvalue weighted by molar-refractivity contribution is -0.473. The molecule has 0 saturated heterocycles. The van der Waals surface area contributed by atoms with E-state index in [0.29, 0.717) is 0 Å². The second-order valence-corrected chi connectivity index (χ2v) is 5.23. The zero-order valence-electron chi connectivity index (χ0n) is 13.6. The molecule has 0 aliphatic heterocycles. The van der Waals surface area contributed by atoms with Crippen molar-refractivity contribution in [1.82, 2.24) is 0 Å². The molecule has 0 radical (unpaired) electrons. The summed E-state index contributed by atoms with van der Waals surface area (Å²) in [6.07, 6.45) is 0. The zero-order valence-corrected chi connectivity index (χ0v) is 13.6. The van der Waals surface area contributed by atoms with Gasteiger partial charge in [0.15, 0.2) is 18.5 Å². The molecular weight excluding hydrogens is 286 g/mol. The maximum absolute atomic E-state index is 5.39. The fourth-order valence-corrected chi connectivity index (χ4v) is 2.73. The van der Waals surface area contributed by atoms with E-state index in [4.69, 9.17) is 9.85 Å². The Hall–Kier alpha value is -2.88. The highest BCUT2D eigenvalue weighted by atomic mass is 16.5. The van der Waals surface area contributed by atoms with Crippen molar-refractivity contribution in [2.75, 3.05) is 26.5 Å². The average Bonchev–Trinajstić information content (AvgIpc) is 2.61. The lowest BCUT2D eigenvalue weighted by Crippen LogP contribution is -2.00. The Morgan fingerprint density at radius 2 is 1.70 bits per heavy atom. The van der Waals surface area contributed by atoms with Crippen molar-refractivity contribution in [2.45, 2.75) is 0 Å². The molecule has 0 atom stereocenters. The van der Waals surface area contributed by atoms with E-state index in [-0.39, 0.29) is 0 Å². The molecule has 3 aromatic carbocycles. The summed E-state index contributed by atoms with van der Waals surface area (Å²) >= 11 is 0. The van der Waals surface area contributed by atoms with Crippen LogP contribution in [-0.2, 0) is 0 Å². The second-order valence-electron chi connectivity index (χ2n) is 5.23. The van der Waals surface area contributed by atoms with Crippen LogP contribution >= 0.6 is 0 Å². The molecule has 0 amide bonds. The molecule has 3 aromatic rings. The van der Waals surface area contributed by atoms with E-state index < -0.39 is 0 Å². The number of hydrogen-bond acceptors (Lipinski definition) is 3. The lowest BCUT2D eigenvalue weighted by atomic mass is 10.1. The van der Waals surface area contributed by atoms with Crippen molar-refractivity contribution in [3.05, 3.63) is 60.7 Å². The Morgan fingerprint density at radius 1 is 0.957 bits per heavy atom. The minimum absolute atomic E-state index is 0.755. The number of benzene rings is 3. The first-order chi connectivity index (χ1) is 11.2. The van der Waals surface area contributed by atoms with E-state index in [1.54, 1.807) is 7.11 Å². The van der Waals surface area contributed by atoms with E-state index in [2.05, 4.69) is 29.6 Å². The first kappa shape index (κ1) is 15.0. The van der Waals surface area contributed by atoms with Crippen LogP contribution in [0.3, 0.4) is 0 Å². The fraction of sp³-hybridized carbons (Fsp3) is 0.158. The van der Waals surface area contributed by atoms with Crippen LogP contribution in [0, 0.1) is 0 Å². The maximum Gasteiger partial charge on any atom is 0.262 e. The van der Waals surface area contributed by atoms with Crippen molar-refractivity contribution in [3.63, 3.8) is 0 Å². The van der Waals surface area contributed by atoms with Gasteiger partial charge in [-0.1, -0.05) is 41.1 Å². The van der Waals surface area contributed by atoms with Crippen molar-refractivity contribution >= 4 is 27.8 Å². The molecule has 0 spiro atoms. The van der Waals surface area contributed by atoms with E-state index in [1.807, 2.05) is 55.2 Å². The van der Waals surface area contributed by atoms with Crippen LogP contribution in [-0.4, -0.2) is 25.9 Å². The minimum atomic E-state index is 0.755. The normalized spacial score (nSPS) is 11.5. The van der Waals surface area contributed by atoms with Crippen LogP contribution in [0.25, 0.3) is 10.8 Å². The van der Waals surface area contributed by atoms with E-state index in [9.17, 15) is 0 Å². The highest BCUT2D eigenvalue weighted by Gasteiger charge is 2.18. The molecule has 0 aliphatic rings. The molecule has 4 nitrogen and oxygen atoms in total. The van der Waals surface area contributed by atoms with Crippen molar-refractivity contribution in [1.29, 1.82) is 0 Å². The van der Waals surface area contributed by atoms with Gasteiger partial charge in [-0.25, -0.2) is 0 Å². The summed E-state index contributed by atoms with van der Waals surface area (Å²) in [6.45, 7) is 0. The van der Waals surface area contributed by atoms with Gasteiger partial charge in [0.2, 0.25) is 0 Å². The number of nitrogens with one attached hydrogen (secondary N) is 1. The summed E-state index contributed by atoms with van der Waals surface area (Å²) in [7, 11) is 5.53. The highest BCUT2D eigenvalue weighted by molar-refractivity contribution is 5.96. The monoisotopic (exact) mass is 306 g/mol. The van der Waals surface area contributed by atoms with Crippen molar-refractivity contribution < 1.29 is 9.43 Å². The number of azo groups is 2. The number of anilines is 1. The number of hydrogen-bond donors (Lipinski definition) is 1. The summed E-state index contributed by atoms with van der Waals surface area (Å²) in [4.78, 5) is 0. The Balaban J connectivity index is 2.20. The molecule has 0 aliphatic carbocycles. The number of ether oxygens (including phenoxy) is 1. The molecule has 0 aromatic heterocycles. The predicted molar refractivity (Wildman–Crippen MR) is 94.4 cm³/mol. The van der Waals surface area contributed by atoms with Gasteiger partial charge in [0.1, 0.15) is 5.69 Å². The average molecular weight is 306 g/mol. The highest BCUT2D eigenvalue weighted by Crippen LogP contribution is 2.35. The Morgan fingerprint density at radius 3 is 2.48 bits per heavy atom. The third-order valence-corrected chi connectivity index (χ3v) is 3.84. The van der Waals surface area contributed by atoms with Gasteiger partial charge < -0.3 is 10.1 Å². The van der Waals surface area contributed by atoms with Crippen LogP contribution in [0.15, 0.2) is 65.8 Å². The quantitative estimate of drug-likeness (QED) is 0.547.